The number of carbonyl (C=O) groups is 1. The molecule has 1 atom stereocenters. The third kappa shape index (κ3) is 3.74. The Hall–Kier alpha value is -3.00. The number of H-pyrrole nitrogens is 1. The van der Waals surface area contributed by atoms with Crippen molar-refractivity contribution in [3.8, 4) is 0 Å². The number of benzene rings is 2. The van der Waals surface area contributed by atoms with Gasteiger partial charge in [-0.1, -0.05) is 6.07 Å². The number of hydrogen-bond acceptors (Lipinski definition) is 5. The molecule has 0 fully saturated rings. The van der Waals surface area contributed by atoms with Gasteiger partial charge in [-0.15, -0.1) is 0 Å². The molecule has 25 heavy (non-hydrogen) atoms. The summed E-state index contributed by atoms with van der Waals surface area (Å²) in [7, 11) is -1.61. The van der Waals surface area contributed by atoms with E-state index in [0.717, 1.165) is 0 Å². The van der Waals surface area contributed by atoms with Crippen molar-refractivity contribution in [2.75, 3.05) is 11.3 Å². The van der Waals surface area contributed by atoms with Gasteiger partial charge in [-0.05, 0) is 43.3 Å². The van der Waals surface area contributed by atoms with E-state index in [-0.39, 0.29) is 5.56 Å². The summed E-state index contributed by atoms with van der Waals surface area (Å²) in [5.41, 5.74) is 1.58. The minimum absolute atomic E-state index is 0.302. The van der Waals surface area contributed by atoms with E-state index in [2.05, 4.69) is 14.7 Å². The minimum atomic E-state index is -1.61. The summed E-state index contributed by atoms with van der Waals surface area (Å²) in [4.78, 5) is 30.2. The highest BCUT2D eigenvalue weighted by atomic mass is 32.2. The summed E-state index contributed by atoms with van der Waals surface area (Å²) in [5, 5.41) is 0. The van der Waals surface area contributed by atoms with Gasteiger partial charge in [-0.3, -0.25) is 4.79 Å². The van der Waals surface area contributed by atoms with Gasteiger partial charge >= 0.3 is 5.97 Å². The van der Waals surface area contributed by atoms with Gasteiger partial charge in [0, 0.05) is 5.69 Å². The van der Waals surface area contributed by atoms with Gasteiger partial charge in [-0.2, -0.15) is 0 Å². The van der Waals surface area contributed by atoms with Gasteiger partial charge in [0.2, 0.25) is 0 Å². The first kappa shape index (κ1) is 16.8. The molecular weight excluding hydrogens is 342 g/mol. The quantitative estimate of drug-likeness (QED) is 0.682. The fourth-order valence-electron chi connectivity index (χ4n) is 2.24. The van der Waals surface area contributed by atoms with Crippen LogP contribution in [0.15, 0.2) is 58.4 Å². The average molecular weight is 357 g/mol. The molecule has 0 bridgehead atoms. The number of aromatic nitrogens is 2. The number of rotatable bonds is 5. The fourth-order valence-corrected chi connectivity index (χ4v) is 3.24. The second kappa shape index (κ2) is 7.27. The lowest BCUT2D eigenvalue weighted by molar-refractivity contribution is 0.0526. The van der Waals surface area contributed by atoms with Crippen LogP contribution in [0.5, 0.6) is 0 Å². The third-order valence-electron chi connectivity index (χ3n) is 3.38. The monoisotopic (exact) mass is 357 g/mol. The van der Waals surface area contributed by atoms with Crippen molar-refractivity contribution >= 4 is 33.7 Å². The van der Waals surface area contributed by atoms with Crippen LogP contribution < -0.4 is 10.3 Å². The molecule has 1 unspecified atom stereocenters. The number of anilines is 1. The molecule has 3 aromatic rings. The Kier molecular flexibility index (Phi) is 4.90. The normalized spacial score (nSPS) is 11.9. The Morgan fingerprint density at radius 3 is 2.72 bits per heavy atom. The first-order chi connectivity index (χ1) is 12.1. The maximum atomic E-state index is 12.6. The summed E-state index contributed by atoms with van der Waals surface area (Å²) in [6, 6.07) is 11.5. The largest absolute Gasteiger partial charge is 0.462 e. The summed E-state index contributed by atoms with van der Waals surface area (Å²) < 4.78 is 20.4. The van der Waals surface area contributed by atoms with Crippen molar-refractivity contribution in [1.29, 1.82) is 0 Å². The zero-order chi connectivity index (χ0) is 17.8. The van der Waals surface area contributed by atoms with E-state index in [1.54, 1.807) is 49.4 Å². The van der Waals surface area contributed by atoms with Crippen LogP contribution in [0.4, 0.5) is 5.69 Å². The van der Waals surface area contributed by atoms with Crippen molar-refractivity contribution in [2.24, 2.45) is 0 Å². The summed E-state index contributed by atoms with van der Waals surface area (Å²) >= 11 is 0. The van der Waals surface area contributed by atoms with Crippen LogP contribution in [0, 0.1) is 0 Å². The number of fused-ring (bicyclic) bond motifs is 1. The molecule has 0 saturated carbocycles. The molecule has 2 aromatic carbocycles. The number of para-hydroxylation sites is 1. The number of nitrogens with one attached hydrogen (secondary N) is 2. The first-order valence-electron chi connectivity index (χ1n) is 7.52. The Bertz CT molecular complexity index is 999. The lowest BCUT2D eigenvalue weighted by atomic mass is 10.2. The molecule has 0 aliphatic rings. The van der Waals surface area contributed by atoms with E-state index in [4.69, 9.17) is 4.74 Å². The molecule has 7 nitrogen and oxygen atoms in total. The molecule has 8 heteroatoms. The van der Waals surface area contributed by atoms with Crippen LogP contribution >= 0.6 is 0 Å². The Morgan fingerprint density at radius 2 is 2.00 bits per heavy atom. The average Bonchev–Trinajstić information content (AvgIpc) is 2.62. The van der Waals surface area contributed by atoms with Crippen LogP contribution in [0.2, 0.25) is 0 Å². The molecule has 2 N–H and O–H groups in total. The predicted molar refractivity (Wildman–Crippen MR) is 94.8 cm³/mol. The third-order valence-corrected chi connectivity index (χ3v) is 4.54. The topological polar surface area (TPSA) is 101 Å². The predicted octanol–water partition coefficient (Wildman–Crippen LogP) is 2.23. The van der Waals surface area contributed by atoms with E-state index in [0.29, 0.717) is 33.8 Å². The lowest BCUT2D eigenvalue weighted by Crippen LogP contribution is -2.10. The molecule has 1 heterocycles. The number of carbonyl (C=O) groups excluding carboxylic acids is 1. The molecule has 0 aliphatic carbocycles. The van der Waals surface area contributed by atoms with E-state index >= 15 is 0 Å². The number of aromatic amines is 1. The molecule has 0 amide bonds. The standard InChI is InChI=1S/C17H15N3O4S/c1-2-24-17(22)11-6-8-12(9-7-11)20-25(23)14-5-3-4-13-16(14)19-15(21)10-18-13/h3-10,20H,2H2,1H3,(H,19,21). The fraction of sp³-hybridized carbons (Fsp3) is 0.118. The molecule has 1 aromatic heterocycles. The Morgan fingerprint density at radius 1 is 1.24 bits per heavy atom. The summed E-state index contributed by atoms with van der Waals surface area (Å²) in [6.07, 6.45) is 1.18. The molecule has 128 valence electrons. The molecular formula is C17H15N3O4S. The van der Waals surface area contributed by atoms with Crippen LogP contribution in [0.25, 0.3) is 11.0 Å². The number of esters is 1. The number of ether oxygens (including phenoxy) is 1. The summed E-state index contributed by atoms with van der Waals surface area (Å²) in [5.74, 6) is -0.409. The molecule has 0 spiro atoms. The van der Waals surface area contributed by atoms with Gasteiger partial charge in [0.25, 0.3) is 5.56 Å². The van der Waals surface area contributed by atoms with Crippen LogP contribution in [-0.2, 0) is 15.7 Å². The van der Waals surface area contributed by atoms with Gasteiger partial charge in [0.15, 0.2) is 11.0 Å². The highest BCUT2D eigenvalue weighted by Crippen LogP contribution is 2.19. The van der Waals surface area contributed by atoms with Crippen molar-refractivity contribution in [1.82, 2.24) is 9.97 Å². The van der Waals surface area contributed by atoms with Gasteiger partial charge in [-0.25, -0.2) is 14.0 Å². The highest BCUT2D eigenvalue weighted by Gasteiger charge is 2.11. The van der Waals surface area contributed by atoms with Crippen LogP contribution in [-0.4, -0.2) is 26.8 Å². The first-order valence-corrected chi connectivity index (χ1v) is 8.67. The van der Waals surface area contributed by atoms with Crippen molar-refractivity contribution in [3.63, 3.8) is 0 Å². The molecule has 0 saturated heterocycles. The molecule has 3 rings (SSSR count). The second-order valence-corrected chi connectivity index (χ2v) is 6.25. The summed E-state index contributed by atoms with van der Waals surface area (Å²) in [6.45, 7) is 2.04. The van der Waals surface area contributed by atoms with E-state index < -0.39 is 17.0 Å². The van der Waals surface area contributed by atoms with Crippen LogP contribution in [0.1, 0.15) is 17.3 Å². The lowest BCUT2D eigenvalue weighted by Gasteiger charge is -2.09. The maximum Gasteiger partial charge on any atom is 0.338 e. The number of hydrogen-bond donors (Lipinski definition) is 2. The highest BCUT2D eigenvalue weighted by molar-refractivity contribution is 7.86. The van der Waals surface area contributed by atoms with Crippen molar-refractivity contribution in [2.45, 2.75) is 11.8 Å². The van der Waals surface area contributed by atoms with Crippen molar-refractivity contribution in [3.05, 3.63) is 64.6 Å². The van der Waals surface area contributed by atoms with E-state index in [9.17, 15) is 13.8 Å². The molecule has 0 aliphatic heterocycles. The SMILES string of the molecule is CCOC(=O)c1ccc(NS(=O)c2cccc3ncc(=O)[nH]c23)cc1. The van der Waals surface area contributed by atoms with E-state index in [1.807, 2.05) is 0 Å². The van der Waals surface area contributed by atoms with Crippen LogP contribution in [0.3, 0.4) is 0 Å². The number of nitrogens with zero attached hydrogens (tertiary/aromatic N) is 1. The van der Waals surface area contributed by atoms with Gasteiger partial charge in [0.05, 0.1) is 34.3 Å². The maximum absolute atomic E-state index is 12.6. The van der Waals surface area contributed by atoms with Crippen molar-refractivity contribution < 1.29 is 13.7 Å². The van der Waals surface area contributed by atoms with E-state index in [1.165, 1.54) is 6.20 Å². The van der Waals surface area contributed by atoms with Gasteiger partial charge < -0.3 is 14.4 Å². The Balaban J connectivity index is 1.84. The zero-order valence-electron chi connectivity index (χ0n) is 13.3. The minimum Gasteiger partial charge on any atom is -0.462 e. The Labute approximate surface area is 145 Å². The smallest absolute Gasteiger partial charge is 0.338 e. The second-order valence-electron chi connectivity index (χ2n) is 5.07. The van der Waals surface area contributed by atoms with Gasteiger partial charge in [0.1, 0.15) is 0 Å². The zero-order valence-corrected chi connectivity index (χ0v) is 14.1. The molecule has 0 radical (unpaired) electrons.